The van der Waals surface area contributed by atoms with Crippen LogP contribution in [0, 0.1) is 0 Å². The van der Waals surface area contributed by atoms with Crippen LogP contribution < -0.4 is 10.6 Å². The van der Waals surface area contributed by atoms with Gasteiger partial charge in [-0.1, -0.05) is 11.6 Å². The van der Waals surface area contributed by atoms with E-state index in [1.54, 1.807) is 35.7 Å². The van der Waals surface area contributed by atoms with E-state index in [9.17, 15) is 14.7 Å². The number of hydrogen-bond acceptors (Lipinski definition) is 4. The van der Waals surface area contributed by atoms with Crippen molar-refractivity contribution in [2.45, 2.75) is 6.10 Å². The van der Waals surface area contributed by atoms with Crippen LogP contribution in [-0.2, 0) is 9.59 Å². The molecule has 5 nitrogen and oxygen atoms in total. The Labute approximate surface area is 130 Å². The number of carbonyl (C=O) groups excluding carboxylic acids is 2. The Morgan fingerprint density at radius 2 is 1.90 bits per heavy atom. The lowest BCUT2D eigenvalue weighted by molar-refractivity contribution is -0.136. The Kier molecular flexibility index (Phi) is 5.32. The molecule has 1 unspecified atom stereocenters. The van der Waals surface area contributed by atoms with Gasteiger partial charge in [0, 0.05) is 17.3 Å². The molecule has 2 rings (SSSR count). The maximum atomic E-state index is 11.7. The van der Waals surface area contributed by atoms with E-state index in [0.717, 1.165) is 0 Å². The molecule has 0 aliphatic rings. The normalized spacial score (nSPS) is 11.7. The van der Waals surface area contributed by atoms with E-state index in [-0.39, 0.29) is 6.54 Å². The van der Waals surface area contributed by atoms with Crippen molar-refractivity contribution in [1.29, 1.82) is 0 Å². The minimum absolute atomic E-state index is 0.0242. The molecule has 1 atom stereocenters. The fraction of sp³-hybridized carbons (Fsp3) is 0.143. The highest BCUT2D eigenvalue weighted by molar-refractivity contribution is 7.07. The molecule has 0 aliphatic carbocycles. The molecule has 110 valence electrons. The monoisotopic (exact) mass is 324 g/mol. The highest BCUT2D eigenvalue weighted by atomic mass is 35.5. The lowest BCUT2D eigenvalue weighted by Gasteiger charge is -2.10. The summed E-state index contributed by atoms with van der Waals surface area (Å²) in [5.74, 6) is -1.60. The molecule has 0 fully saturated rings. The average Bonchev–Trinajstić information content (AvgIpc) is 3.01. The van der Waals surface area contributed by atoms with Gasteiger partial charge >= 0.3 is 11.8 Å². The van der Waals surface area contributed by atoms with Crippen LogP contribution in [0.3, 0.4) is 0 Å². The number of carbonyl (C=O) groups is 2. The van der Waals surface area contributed by atoms with Crippen molar-refractivity contribution in [1.82, 2.24) is 5.32 Å². The topological polar surface area (TPSA) is 78.4 Å². The summed E-state index contributed by atoms with van der Waals surface area (Å²) in [6.07, 6.45) is -0.830. The van der Waals surface area contributed by atoms with Gasteiger partial charge in [-0.15, -0.1) is 0 Å². The standard InChI is InChI=1S/C14H13ClN2O3S/c15-10-1-3-11(4-2-10)17-14(20)13(19)16-7-12(18)9-5-6-21-8-9/h1-6,8,12,18H,7H2,(H,16,19)(H,17,20). The molecular weight excluding hydrogens is 312 g/mol. The molecular formula is C14H13ClN2O3S. The molecule has 0 saturated carbocycles. The largest absolute Gasteiger partial charge is 0.387 e. The van der Waals surface area contributed by atoms with Gasteiger partial charge in [0.2, 0.25) is 0 Å². The summed E-state index contributed by atoms with van der Waals surface area (Å²) >= 11 is 7.17. The molecule has 1 heterocycles. The quantitative estimate of drug-likeness (QED) is 0.754. The third-order valence-electron chi connectivity index (χ3n) is 2.69. The SMILES string of the molecule is O=C(NCC(O)c1ccsc1)C(=O)Nc1ccc(Cl)cc1. The number of aliphatic hydroxyl groups excluding tert-OH is 1. The molecule has 0 saturated heterocycles. The number of aliphatic hydroxyl groups is 1. The summed E-state index contributed by atoms with van der Waals surface area (Å²) in [5.41, 5.74) is 1.18. The van der Waals surface area contributed by atoms with Crippen LogP contribution in [0.2, 0.25) is 5.02 Å². The van der Waals surface area contributed by atoms with Crippen molar-refractivity contribution < 1.29 is 14.7 Å². The van der Waals surface area contributed by atoms with Crippen LogP contribution in [-0.4, -0.2) is 23.5 Å². The number of nitrogens with one attached hydrogen (secondary N) is 2. The molecule has 7 heteroatoms. The third-order valence-corrected chi connectivity index (χ3v) is 3.65. The van der Waals surface area contributed by atoms with Crippen LogP contribution in [0.15, 0.2) is 41.1 Å². The molecule has 0 spiro atoms. The lowest BCUT2D eigenvalue weighted by Crippen LogP contribution is -2.37. The summed E-state index contributed by atoms with van der Waals surface area (Å²) in [6, 6.07) is 8.15. The molecule has 2 amide bonds. The minimum atomic E-state index is -0.830. The Morgan fingerprint density at radius 3 is 2.52 bits per heavy atom. The van der Waals surface area contributed by atoms with E-state index in [2.05, 4.69) is 10.6 Å². The molecule has 0 bridgehead atoms. The molecule has 1 aromatic carbocycles. The van der Waals surface area contributed by atoms with Gasteiger partial charge in [0.1, 0.15) is 0 Å². The van der Waals surface area contributed by atoms with Gasteiger partial charge < -0.3 is 15.7 Å². The summed E-state index contributed by atoms with van der Waals surface area (Å²) in [4.78, 5) is 23.3. The number of amides is 2. The van der Waals surface area contributed by atoms with Crippen molar-refractivity contribution in [3.8, 4) is 0 Å². The Bertz CT molecular complexity index is 614. The van der Waals surface area contributed by atoms with E-state index in [1.165, 1.54) is 11.3 Å². The first kappa shape index (κ1) is 15.5. The predicted molar refractivity (Wildman–Crippen MR) is 82.4 cm³/mol. The number of benzene rings is 1. The van der Waals surface area contributed by atoms with Crippen LogP contribution in [0.4, 0.5) is 5.69 Å². The Balaban J connectivity index is 1.82. The maximum Gasteiger partial charge on any atom is 0.313 e. The molecule has 0 aliphatic heterocycles. The van der Waals surface area contributed by atoms with Gasteiger partial charge in [-0.25, -0.2) is 0 Å². The first-order chi connectivity index (χ1) is 10.1. The van der Waals surface area contributed by atoms with Crippen LogP contribution in [0.1, 0.15) is 11.7 Å². The fourth-order valence-corrected chi connectivity index (χ4v) is 2.41. The second-order valence-corrected chi connectivity index (χ2v) is 5.46. The van der Waals surface area contributed by atoms with Crippen molar-refractivity contribution in [2.24, 2.45) is 0 Å². The maximum absolute atomic E-state index is 11.7. The molecule has 1 aromatic heterocycles. The first-order valence-corrected chi connectivity index (χ1v) is 7.43. The number of rotatable bonds is 4. The Hall–Kier alpha value is -1.89. The fourth-order valence-electron chi connectivity index (χ4n) is 1.57. The van der Waals surface area contributed by atoms with Crippen LogP contribution in [0.25, 0.3) is 0 Å². The van der Waals surface area contributed by atoms with Gasteiger partial charge in [0.15, 0.2) is 0 Å². The van der Waals surface area contributed by atoms with Crippen molar-refractivity contribution in [3.63, 3.8) is 0 Å². The van der Waals surface area contributed by atoms with Gasteiger partial charge in [-0.3, -0.25) is 9.59 Å². The van der Waals surface area contributed by atoms with Crippen molar-refractivity contribution in [2.75, 3.05) is 11.9 Å². The minimum Gasteiger partial charge on any atom is -0.387 e. The summed E-state index contributed by atoms with van der Waals surface area (Å²) in [5, 5.41) is 18.8. The predicted octanol–water partition coefficient (Wildman–Crippen LogP) is 2.19. The van der Waals surface area contributed by atoms with E-state index in [4.69, 9.17) is 11.6 Å². The number of halogens is 1. The molecule has 0 radical (unpaired) electrons. The number of thiophene rings is 1. The zero-order chi connectivity index (χ0) is 15.2. The van der Waals surface area contributed by atoms with E-state index in [1.807, 2.05) is 5.38 Å². The number of anilines is 1. The smallest absolute Gasteiger partial charge is 0.313 e. The van der Waals surface area contributed by atoms with E-state index < -0.39 is 17.9 Å². The van der Waals surface area contributed by atoms with Crippen molar-refractivity contribution >= 4 is 40.4 Å². The van der Waals surface area contributed by atoms with Gasteiger partial charge in [-0.2, -0.15) is 11.3 Å². The Morgan fingerprint density at radius 1 is 1.19 bits per heavy atom. The van der Waals surface area contributed by atoms with E-state index >= 15 is 0 Å². The second kappa shape index (κ2) is 7.21. The first-order valence-electron chi connectivity index (χ1n) is 6.11. The summed E-state index contributed by atoms with van der Waals surface area (Å²) in [7, 11) is 0. The average molecular weight is 325 g/mol. The zero-order valence-corrected chi connectivity index (χ0v) is 12.4. The van der Waals surface area contributed by atoms with Crippen LogP contribution >= 0.6 is 22.9 Å². The summed E-state index contributed by atoms with van der Waals surface area (Å²) < 4.78 is 0. The molecule has 2 aromatic rings. The van der Waals surface area contributed by atoms with Gasteiger partial charge in [0.25, 0.3) is 0 Å². The lowest BCUT2D eigenvalue weighted by atomic mass is 10.2. The van der Waals surface area contributed by atoms with Gasteiger partial charge in [0.05, 0.1) is 6.10 Å². The van der Waals surface area contributed by atoms with Crippen molar-refractivity contribution in [3.05, 3.63) is 51.7 Å². The third kappa shape index (κ3) is 4.56. The highest BCUT2D eigenvalue weighted by Crippen LogP contribution is 2.15. The van der Waals surface area contributed by atoms with E-state index in [0.29, 0.717) is 16.3 Å². The second-order valence-electron chi connectivity index (χ2n) is 4.24. The zero-order valence-electron chi connectivity index (χ0n) is 10.9. The number of hydrogen-bond donors (Lipinski definition) is 3. The molecule has 3 N–H and O–H groups in total. The molecule has 21 heavy (non-hydrogen) atoms. The summed E-state index contributed by atoms with van der Waals surface area (Å²) in [6.45, 7) is -0.0242. The van der Waals surface area contributed by atoms with Gasteiger partial charge in [-0.05, 0) is 46.7 Å². The van der Waals surface area contributed by atoms with Crippen LogP contribution in [0.5, 0.6) is 0 Å². The highest BCUT2D eigenvalue weighted by Gasteiger charge is 2.16.